The van der Waals surface area contributed by atoms with E-state index < -0.39 is 0 Å². The van der Waals surface area contributed by atoms with Gasteiger partial charge in [0.1, 0.15) is 5.75 Å². The summed E-state index contributed by atoms with van der Waals surface area (Å²) in [6, 6.07) is 7.14. The van der Waals surface area contributed by atoms with Crippen molar-refractivity contribution >= 4 is 11.8 Å². The first kappa shape index (κ1) is 17.3. The van der Waals surface area contributed by atoms with Gasteiger partial charge in [0, 0.05) is 37.7 Å². The molecule has 0 saturated carbocycles. The Bertz CT molecular complexity index is 530. The molecule has 1 heterocycles. The Balaban J connectivity index is 1.93. The molecule has 1 aliphatic heterocycles. The number of piperazine rings is 1. The number of carbonyl (C=O) groups excluding carboxylic acids is 2. The molecule has 0 N–H and O–H groups in total. The van der Waals surface area contributed by atoms with E-state index in [0.29, 0.717) is 31.7 Å². The fourth-order valence-corrected chi connectivity index (χ4v) is 2.94. The molecule has 0 radical (unpaired) electrons. The first-order valence-corrected chi connectivity index (χ1v) is 8.32. The maximum atomic E-state index is 12.5. The number of benzene rings is 1. The quantitative estimate of drug-likeness (QED) is 0.838. The molecule has 1 aliphatic rings. The highest BCUT2D eigenvalue weighted by Gasteiger charge is 2.27. The van der Waals surface area contributed by atoms with Gasteiger partial charge in [-0.1, -0.05) is 13.8 Å². The van der Waals surface area contributed by atoms with Crippen LogP contribution in [0.3, 0.4) is 0 Å². The Labute approximate surface area is 138 Å². The third-order valence-electron chi connectivity index (χ3n) is 4.55. The summed E-state index contributed by atoms with van der Waals surface area (Å²) < 4.78 is 5.11. The van der Waals surface area contributed by atoms with Gasteiger partial charge in [-0.15, -0.1) is 0 Å². The van der Waals surface area contributed by atoms with Crippen LogP contribution in [-0.4, -0.2) is 54.9 Å². The van der Waals surface area contributed by atoms with Crippen LogP contribution in [0.25, 0.3) is 0 Å². The summed E-state index contributed by atoms with van der Waals surface area (Å²) in [7, 11) is 1.60. The van der Waals surface area contributed by atoms with Crippen molar-refractivity contribution in [3.63, 3.8) is 0 Å². The van der Waals surface area contributed by atoms with E-state index in [9.17, 15) is 9.59 Å². The number of rotatable bonds is 5. The van der Waals surface area contributed by atoms with E-state index in [4.69, 9.17) is 4.74 Å². The molecule has 0 atom stereocenters. The predicted octanol–water partition coefficient (Wildman–Crippen LogP) is 2.42. The van der Waals surface area contributed by atoms with Crippen LogP contribution in [0, 0.1) is 5.92 Å². The van der Waals surface area contributed by atoms with Gasteiger partial charge in [-0.05, 0) is 37.1 Å². The van der Waals surface area contributed by atoms with Crippen LogP contribution in [0.5, 0.6) is 5.75 Å². The largest absolute Gasteiger partial charge is 0.497 e. The van der Waals surface area contributed by atoms with Crippen molar-refractivity contribution in [2.24, 2.45) is 5.92 Å². The Hall–Kier alpha value is -2.04. The summed E-state index contributed by atoms with van der Waals surface area (Å²) in [5.74, 6) is 1.09. The van der Waals surface area contributed by atoms with Crippen molar-refractivity contribution < 1.29 is 14.3 Å². The van der Waals surface area contributed by atoms with Crippen molar-refractivity contribution in [1.29, 1.82) is 0 Å². The van der Waals surface area contributed by atoms with E-state index in [-0.39, 0.29) is 17.7 Å². The summed E-state index contributed by atoms with van der Waals surface area (Å²) in [5.41, 5.74) is 0.658. The molecule has 126 valence electrons. The highest BCUT2D eigenvalue weighted by atomic mass is 16.5. The van der Waals surface area contributed by atoms with Crippen molar-refractivity contribution in [3.8, 4) is 5.75 Å². The molecule has 23 heavy (non-hydrogen) atoms. The molecule has 0 aliphatic carbocycles. The van der Waals surface area contributed by atoms with Crippen LogP contribution in [0.15, 0.2) is 24.3 Å². The lowest BCUT2D eigenvalue weighted by Crippen LogP contribution is -2.51. The van der Waals surface area contributed by atoms with Gasteiger partial charge in [0.05, 0.1) is 7.11 Å². The van der Waals surface area contributed by atoms with Gasteiger partial charge in [0.2, 0.25) is 5.91 Å². The lowest BCUT2D eigenvalue weighted by atomic mass is 10.0. The zero-order chi connectivity index (χ0) is 16.8. The molecule has 0 aromatic heterocycles. The van der Waals surface area contributed by atoms with Crippen LogP contribution in [0.2, 0.25) is 0 Å². The Morgan fingerprint density at radius 1 is 1.00 bits per heavy atom. The molecule has 2 rings (SSSR count). The summed E-state index contributed by atoms with van der Waals surface area (Å²) in [6.45, 7) is 6.53. The first-order valence-electron chi connectivity index (χ1n) is 8.32. The minimum atomic E-state index is 0.0160. The third-order valence-corrected chi connectivity index (χ3v) is 4.55. The zero-order valence-electron chi connectivity index (χ0n) is 14.2. The van der Waals surface area contributed by atoms with Crippen molar-refractivity contribution in [3.05, 3.63) is 29.8 Å². The SMILES string of the molecule is CCC(CC)C(=O)N1CCN(C(=O)c2ccc(OC)cc2)CC1. The number of methoxy groups -OCH3 is 1. The van der Waals surface area contributed by atoms with E-state index >= 15 is 0 Å². The molecular formula is C18H26N2O3. The topological polar surface area (TPSA) is 49.9 Å². The second-order valence-corrected chi connectivity index (χ2v) is 5.86. The maximum absolute atomic E-state index is 12.5. The molecule has 1 aromatic rings. The van der Waals surface area contributed by atoms with Crippen LogP contribution >= 0.6 is 0 Å². The zero-order valence-corrected chi connectivity index (χ0v) is 14.2. The fraction of sp³-hybridized carbons (Fsp3) is 0.556. The number of hydrogen-bond acceptors (Lipinski definition) is 3. The minimum Gasteiger partial charge on any atom is -0.497 e. The summed E-state index contributed by atoms with van der Waals surface area (Å²) in [6.07, 6.45) is 1.75. The van der Waals surface area contributed by atoms with Gasteiger partial charge in [-0.2, -0.15) is 0 Å². The van der Waals surface area contributed by atoms with E-state index in [2.05, 4.69) is 13.8 Å². The van der Waals surface area contributed by atoms with Gasteiger partial charge < -0.3 is 14.5 Å². The molecule has 5 heteroatoms. The number of nitrogens with zero attached hydrogens (tertiary/aromatic N) is 2. The van der Waals surface area contributed by atoms with E-state index in [0.717, 1.165) is 18.6 Å². The number of carbonyl (C=O) groups is 2. The first-order chi connectivity index (χ1) is 11.1. The molecule has 0 spiro atoms. The van der Waals surface area contributed by atoms with Crippen molar-refractivity contribution in [1.82, 2.24) is 9.80 Å². The molecule has 2 amide bonds. The van der Waals surface area contributed by atoms with E-state index in [1.54, 1.807) is 31.4 Å². The number of amides is 2. The van der Waals surface area contributed by atoms with Crippen LogP contribution in [0.1, 0.15) is 37.0 Å². The minimum absolute atomic E-state index is 0.0160. The lowest BCUT2D eigenvalue weighted by Gasteiger charge is -2.36. The van der Waals surface area contributed by atoms with Gasteiger partial charge in [0.25, 0.3) is 5.91 Å². The van der Waals surface area contributed by atoms with Crippen molar-refractivity contribution in [2.45, 2.75) is 26.7 Å². The van der Waals surface area contributed by atoms with Gasteiger partial charge in [0.15, 0.2) is 0 Å². The molecule has 5 nitrogen and oxygen atoms in total. The molecule has 1 fully saturated rings. The number of ether oxygens (including phenoxy) is 1. The third kappa shape index (κ3) is 4.03. The second kappa shape index (κ2) is 7.99. The Morgan fingerprint density at radius 3 is 2.00 bits per heavy atom. The van der Waals surface area contributed by atoms with E-state index in [1.807, 2.05) is 9.80 Å². The highest BCUT2D eigenvalue weighted by molar-refractivity contribution is 5.94. The molecule has 0 bridgehead atoms. The predicted molar refractivity (Wildman–Crippen MR) is 89.5 cm³/mol. The summed E-state index contributed by atoms with van der Waals surface area (Å²) in [4.78, 5) is 28.6. The highest BCUT2D eigenvalue weighted by Crippen LogP contribution is 2.17. The number of hydrogen-bond donors (Lipinski definition) is 0. The van der Waals surface area contributed by atoms with Crippen LogP contribution in [0.4, 0.5) is 0 Å². The van der Waals surface area contributed by atoms with Crippen LogP contribution in [-0.2, 0) is 4.79 Å². The molecule has 1 aromatic carbocycles. The second-order valence-electron chi connectivity index (χ2n) is 5.86. The molecule has 0 unspecified atom stereocenters. The smallest absolute Gasteiger partial charge is 0.253 e. The normalized spacial score (nSPS) is 15.0. The van der Waals surface area contributed by atoms with E-state index in [1.165, 1.54) is 0 Å². The lowest BCUT2D eigenvalue weighted by molar-refractivity contribution is -0.137. The standard InChI is InChI=1S/C18H26N2O3/c1-4-14(5-2)17(21)19-10-12-20(13-11-19)18(22)15-6-8-16(23-3)9-7-15/h6-9,14H,4-5,10-13H2,1-3H3. The maximum Gasteiger partial charge on any atom is 0.253 e. The Kier molecular flexibility index (Phi) is 6.02. The average molecular weight is 318 g/mol. The van der Waals surface area contributed by atoms with Crippen molar-refractivity contribution in [2.75, 3.05) is 33.3 Å². The van der Waals surface area contributed by atoms with Gasteiger partial charge in [-0.25, -0.2) is 0 Å². The molecular weight excluding hydrogens is 292 g/mol. The summed E-state index contributed by atoms with van der Waals surface area (Å²) in [5, 5.41) is 0. The van der Waals surface area contributed by atoms with Gasteiger partial charge >= 0.3 is 0 Å². The van der Waals surface area contributed by atoms with Crippen LogP contribution < -0.4 is 4.74 Å². The Morgan fingerprint density at radius 2 is 1.52 bits per heavy atom. The monoisotopic (exact) mass is 318 g/mol. The fourth-order valence-electron chi connectivity index (χ4n) is 2.94. The van der Waals surface area contributed by atoms with Gasteiger partial charge in [-0.3, -0.25) is 9.59 Å². The molecule has 1 saturated heterocycles. The average Bonchev–Trinajstić information content (AvgIpc) is 2.62. The summed E-state index contributed by atoms with van der Waals surface area (Å²) >= 11 is 0.